The van der Waals surface area contributed by atoms with Gasteiger partial charge in [-0.3, -0.25) is 9.69 Å². The van der Waals surface area contributed by atoms with Crippen molar-refractivity contribution >= 4 is 17.6 Å². The Labute approximate surface area is 130 Å². The van der Waals surface area contributed by atoms with Crippen molar-refractivity contribution in [2.24, 2.45) is 5.92 Å². The first-order chi connectivity index (χ1) is 10.0. The minimum atomic E-state index is -0.772. The van der Waals surface area contributed by atoms with Crippen molar-refractivity contribution in [3.63, 3.8) is 0 Å². The second-order valence-electron chi connectivity index (χ2n) is 5.59. The lowest BCUT2D eigenvalue weighted by molar-refractivity contribution is -0.143. The van der Waals surface area contributed by atoms with Crippen molar-refractivity contribution in [2.45, 2.75) is 32.9 Å². The topological polar surface area (TPSA) is 49.8 Å². The maximum atomic E-state index is 11.4. The number of carboxylic acids is 1. The normalized spacial score (nSPS) is 21.9. The minimum absolute atomic E-state index is 0.0578. The highest BCUT2D eigenvalue weighted by molar-refractivity contribution is 6.30. The average Bonchev–Trinajstić information content (AvgIpc) is 2.90. The van der Waals surface area contributed by atoms with E-state index in [2.05, 4.69) is 11.8 Å². The molecule has 5 heteroatoms. The van der Waals surface area contributed by atoms with E-state index in [9.17, 15) is 9.90 Å². The molecule has 1 heterocycles. The third kappa shape index (κ3) is 3.96. The number of carboxylic acid groups (broad SMARTS) is 1. The second kappa shape index (κ2) is 7.25. The molecule has 116 valence electrons. The number of nitrogens with zero attached hydrogens (tertiary/aromatic N) is 1. The number of rotatable bonds is 6. The molecule has 4 nitrogen and oxygen atoms in total. The third-order valence-corrected chi connectivity index (χ3v) is 4.26. The largest absolute Gasteiger partial charge is 0.481 e. The third-order valence-electron chi connectivity index (χ3n) is 4.03. The molecule has 2 atom stereocenters. The van der Waals surface area contributed by atoms with E-state index in [4.69, 9.17) is 16.3 Å². The Balaban J connectivity index is 2.16. The number of aliphatic carboxylic acids is 1. The zero-order valence-electron chi connectivity index (χ0n) is 12.5. The van der Waals surface area contributed by atoms with Gasteiger partial charge in [0.2, 0.25) is 0 Å². The Hall–Kier alpha value is -1.10. The Kier molecular flexibility index (Phi) is 5.62. The van der Waals surface area contributed by atoms with E-state index in [1.54, 1.807) is 0 Å². The second-order valence-corrected chi connectivity index (χ2v) is 6.03. The first kappa shape index (κ1) is 16.3. The molecule has 0 aromatic heterocycles. The molecule has 0 aliphatic carbocycles. The molecule has 0 amide bonds. The van der Waals surface area contributed by atoms with Crippen LogP contribution in [-0.4, -0.2) is 41.8 Å². The highest BCUT2D eigenvalue weighted by atomic mass is 35.5. The quantitative estimate of drug-likeness (QED) is 0.877. The molecule has 1 N–H and O–H groups in total. The van der Waals surface area contributed by atoms with E-state index in [-0.39, 0.29) is 6.04 Å². The van der Waals surface area contributed by atoms with E-state index >= 15 is 0 Å². The summed E-state index contributed by atoms with van der Waals surface area (Å²) in [6.45, 7) is 6.52. The lowest BCUT2D eigenvalue weighted by Crippen LogP contribution is -2.43. The molecule has 0 bridgehead atoms. The fourth-order valence-corrected chi connectivity index (χ4v) is 3.07. The zero-order chi connectivity index (χ0) is 15.4. The Bertz CT molecular complexity index is 506. The summed E-state index contributed by atoms with van der Waals surface area (Å²) in [6.07, 6.45) is 0.982. The van der Waals surface area contributed by atoms with Crippen molar-refractivity contribution in [3.05, 3.63) is 34.3 Å². The van der Waals surface area contributed by atoms with E-state index < -0.39 is 11.9 Å². The first-order valence-electron chi connectivity index (χ1n) is 7.32. The number of aryl methyl sites for hydroxylation is 1. The standard InChI is InChI=1S/C16H22ClNO3/c1-3-6-18(15-10-21-9-14(15)16(19)20)8-12-4-5-13(17)7-11(12)2/h4-5,7,14-15H,3,6,8-10H2,1-2H3,(H,19,20). The summed E-state index contributed by atoms with van der Waals surface area (Å²) >= 11 is 6.00. The Morgan fingerprint density at radius 3 is 2.86 bits per heavy atom. The molecule has 2 rings (SSSR count). The van der Waals surface area contributed by atoms with Crippen LogP contribution in [0.25, 0.3) is 0 Å². The number of carbonyl (C=O) groups is 1. The van der Waals surface area contributed by atoms with Crippen molar-refractivity contribution in [3.8, 4) is 0 Å². The highest BCUT2D eigenvalue weighted by Crippen LogP contribution is 2.24. The van der Waals surface area contributed by atoms with Crippen LogP contribution in [0.5, 0.6) is 0 Å². The predicted molar refractivity (Wildman–Crippen MR) is 82.6 cm³/mol. The van der Waals surface area contributed by atoms with Gasteiger partial charge in [-0.2, -0.15) is 0 Å². The van der Waals surface area contributed by atoms with Crippen LogP contribution in [0.3, 0.4) is 0 Å². The first-order valence-corrected chi connectivity index (χ1v) is 7.70. The molecular formula is C16H22ClNO3. The van der Waals surface area contributed by atoms with Gasteiger partial charge in [0.15, 0.2) is 0 Å². The van der Waals surface area contributed by atoms with Crippen LogP contribution in [0.4, 0.5) is 0 Å². The molecule has 1 fully saturated rings. The molecular weight excluding hydrogens is 290 g/mol. The van der Waals surface area contributed by atoms with Crippen LogP contribution >= 0.6 is 11.6 Å². The summed E-state index contributed by atoms with van der Waals surface area (Å²) in [5.74, 6) is -1.21. The van der Waals surface area contributed by atoms with Crippen molar-refractivity contribution in [2.75, 3.05) is 19.8 Å². The van der Waals surface area contributed by atoms with Gasteiger partial charge in [-0.15, -0.1) is 0 Å². The van der Waals surface area contributed by atoms with Gasteiger partial charge in [0.1, 0.15) is 0 Å². The van der Waals surface area contributed by atoms with Crippen LogP contribution in [-0.2, 0) is 16.1 Å². The van der Waals surface area contributed by atoms with Crippen LogP contribution < -0.4 is 0 Å². The van der Waals surface area contributed by atoms with E-state index in [0.29, 0.717) is 13.2 Å². The minimum Gasteiger partial charge on any atom is -0.481 e. The molecule has 0 radical (unpaired) electrons. The molecule has 1 aromatic carbocycles. The SMILES string of the molecule is CCCN(Cc1ccc(Cl)cc1C)C1COCC1C(=O)O. The van der Waals surface area contributed by atoms with Crippen molar-refractivity contribution in [1.82, 2.24) is 4.90 Å². The van der Waals surface area contributed by atoms with Gasteiger partial charge in [-0.1, -0.05) is 24.6 Å². The molecule has 0 saturated carbocycles. The molecule has 1 saturated heterocycles. The van der Waals surface area contributed by atoms with Crippen LogP contribution in [0.15, 0.2) is 18.2 Å². The van der Waals surface area contributed by atoms with Gasteiger partial charge in [0.25, 0.3) is 0 Å². The fourth-order valence-electron chi connectivity index (χ4n) is 2.84. The predicted octanol–water partition coefficient (Wildman–Crippen LogP) is 2.96. The highest BCUT2D eigenvalue weighted by Gasteiger charge is 2.37. The summed E-state index contributed by atoms with van der Waals surface area (Å²) in [5.41, 5.74) is 2.32. The van der Waals surface area contributed by atoms with E-state index in [1.165, 1.54) is 5.56 Å². The van der Waals surface area contributed by atoms with Gasteiger partial charge in [-0.05, 0) is 43.1 Å². The fraction of sp³-hybridized carbons (Fsp3) is 0.562. The number of halogens is 1. The molecule has 21 heavy (non-hydrogen) atoms. The number of benzene rings is 1. The van der Waals surface area contributed by atoms with Gasteiger partial charge in [-0.25, -0.2) is 0 Å². The lowest BCUT2D eigenvalue weighted by atomic mass is 10.0. The molecule has 1 aromatic rings. The summed E-state index contributed by atoms with van der Waals surface area (Å²) in [6, 6.07) is 5.79. The molecule has 2 unspecified atom stereocenters. The summed E-state index contributed by atoms with van der Waals surface area (Å²) in [7, 11) is 0. The van der Waals surface area contributed by atoms with Gasteiger partial charge < -0.3 is 9.84 Å². The van der Waals surface area contributed by atoms with Gasteiger partial charge >= 0.3 is 5.97 Å². The summed E-state index contributed by atoms with van der Waals surface area (Å²) < 4.78 is 5.40. The van der Waals surface area contributed by atoms with Gasteiger partial charge in [0, 0.05) is 17.6 Å². The van der Waals surface area contributed by atoms with Crippen LogP contribution in [0.2, 0.25) is 5.02 Å². The lowest BCUT2D eigenvalue weighted by Gasteiger charge is -2.30. The molecule has 1 aliphatic heterocycles. The van der Waals surface area contributed by atoms with E-state index in [0.717, 1.165) is 30.1 Å². The summed E-state index contributed by atoms with van der Waals surface area (Å²) in [4.78, 5) is 13.6. The van der Waals surface area contributed by atoms with Crippen LogP contribution in [0, 0.1) is 12.8 Å². The number of ether oxygens (including phenoxy) is 1. The maximum absolute atomic E-state index is 11.4. The van der Waals surface area contributed by atoms with E-state index in [1.807, 2.05) is 25.1 Å². The Morgan fingerprint density at radius 1 is 1.48 bits per heavy atom. The zero-order valence-corrected chi connectivity index (χ0v) is 13.3. The van der Waals surface area contributed by atoms with Gasteiger partial charge in [0.05, 0.1) is 19.1 Å². The molecule has 0 spiro atoms. The van der Waals surface area contributed by atoms with Crippen molar-refractivity contribution in [1.29, 1.82) is 0 Å². The summed E-state index contributed by atoms with van der Waals surface area (Å²) in [5, 5.41) is 10.1. The van der Waals surface area contributed by atoms with Crippen LogP contribution in [0.1, 0.15) is 24.5 Å². The number of hydrogen-bond donors (Lipinski definition) is 1. The number of hydrogen-bond acceptors (Lipinski definition) is 3. The smallest absolute Gasteiger partial charge is 0.310 e. The average molecular weight is 312 g/mol. The monoisotopic (exact) mass is 311 g/mol. The maximum Gasteiger partial charge on any atom is 0.310 e. The van der Waals surface area contributed by atoms with Crippen molar-refractivity contribution < 1.29 is 14.6 Å². The Morgan fingerprint density at radius 2 is 2.24 bits per heavy atom. The molecule has 1 aliphatic rings.